The topological polar surface area (TPSA) is 43.6 Å². The second kappa shape index (κ2) is 12.9. The van der Waals surface area contributed by atoms with Crippen LogP contribution in [0.4, 0.5) is 0 Å². The highest BCUT2D eigenvalue weighted by atomic mass is 15.2. The monoisotopic (exact) mass is 714 g/mol. The van der Waals surface area contributed by atoms with Crippen molar-refractivity contribution in [3.05, 3.63) is 229 Å². The van der Waals surface area contributed by atoms with Crippen molar-refractivity contribution >= 4 is 21.8 Å². The van der Waals surface area contributed by atoms with Crippen LogP contribution in [0.15, 0.2) is 206 Å². The summed E-state index contributed by atoms with van der Waals surface area (Å²) in [4.78, 5) is 15.6. The van der Waals surface area contributed by atoms with Gasteiger partial charge in [-0.2, -0.15) is 9.97 Å². The van der Waals surface area contributed by atoms with Crippen molar-refractivity contribution in [3.63, 3.8) is 0 Å². The van der Waals surface area contributed by atoms with E-state index in [4.69, 9.17) is 15.0 Å². The Morgan fingerprint density at radius 2 is 0.821 bits per heavy atom. The lowest BCUT2D eigenvalue weighted by Gasteiger charge is -2.34. The summed E-state index contributed by atoms with van der Waals surface area (Å²) in [5.74, 6) is 1.82. The van der Waals surface area contributed by atoms with Crippen molar-refractivity contribution in [1.29, 1.82) is 0 Å². The van der Waals surface area contributed by atoms with Crippen LogP contribution < -0.4 is 0 Å². The fraction of sp³-hybridized carbons (Fsp3) is 0.0192. The van der Waals surface area contributed by atoms with E-state index in [0.717, 1.165) is 38.5 Å². The van der Waals surface area contributed by atoms with Crippen molar-refractivity contribution in [1.82, 2.24) is 19.5 Å². The van der Waals surface area contributed by atoms with Gasteiger partial charge in [-0.3, -0.25) is 4.57 Å². The first-order valence-electron chi connectivity index (χ1n) is 19.0. The number of fused-ring (bicyclic) bond motifs is 6. The third kappa shape index (κ3) is 4.89. The molecule has 2 heterocycles. The van der Waals surface area contributed by atoms with Gasteiger partial charge in [0.15, 0.2) is 11.6 Å². The Bertz CT molecular complexity index is 3010. The molecular formula is C52H34N4. The van der Waals surface area contributed by atoms with E-state index in [1.54, 1.807) is 0 Å². The predicted molar refractivity (Wildman–Crippen MR) is 228 cm³/mol. The minimum absolute atomic E-state index is 0.538. The van der Waals surface area contributed by atoms with Crippen LogP contribution in [-0.2, 0) is 5.41 Å². The highest BCUT2D eigenvalue weighted by Crippen LogP contribution is 2.56. The average molecular weight is 715 g/mol. The maximum absolute atomic E-state index is 5.29. The summed E-state index contributed by atoms with van der Waals surface area (Å²) in [6.07, 6.45) is 0. The summed E-state index contributed by atoms with van der Waals surface area (Å²) < 4.78 is 2.23. The van der Waals surface area contributed by atoms with Gasteiger partial charge < -0.3 is 0 Å². The van der Waals surface area contributed by atoms with Crippen molar-refractivity contribution in [2.45, 2.75) is 5.41 Å². The van der Waals surface area contributed by atoms with Crippen LogP contribution in [0.2, 0.25) is 0 Å². The zero-order chi connectivity index (χ0) is 37.1. The third-order valence-corrected chi connectivity index (χ3v) is 11.4. The Kier molecular flexibility index (Phi) is 7.36. The summed E-state index contributed by atoms with van der Waals surface area (Å²) in [6, 6.07) is 73.4. The average Bonchev–Trinajstić information content (AvgIpc) is 3.78. The predicted octanol–water partition coefficient (Wildman–Crippen LogP) is 12.3. The van der Waals surface area contributed by atoms with Crippen molar-refractivity contribution in [3.8, 4) is 51.0 Å². The van der Waals surface area contributed by atoms with E-state index in [2.05, 4.69) is 187 Å². The fourth-order valence-electron chi connectivity index (χ4n) is 8.88. The van der Waals surface area contributed by atoms with Crippen LogP contribution >= 0.6 is 0 Å². The smallest absolute Gasteiger partial charge is 0.238 e. The SMILES string of the molecule is c1ccc(-c2ccc(-c3nc(-c4ccccc4)nc(-n4c5ccccc5c5ccc(C6(c7ccccc7)c7ccccc7-c7ccccc76)cc54)n3)cc2)cc1. The Morgan fingerprint density at radius 3 is 1.48 bits per heavy atom. The molecule has 0 fully saturated rings. The Hall–Kier alpha value is -7.43. The zero-order valence-electron chi connectivity index (χ0n) is 30.4. The molecule has 0 unspecified atom stereocenters. The fourth-order valence-corrected chi connectivity index (χ4v) is 8.88. The van der Waals surface area contributed by atoms with Crippen molar-refractivity contribution in [2.24, 2.45) is 0 Å². The number of nitrogens with zero attached hydrogens (tertiary/aromatic N) is 4. The zero-order valence-corrected chi connectivity index (χ0v) is 30.4. The first-order valence-corrected chi connectivity index (χ1v) is 19.0. The Balaban J connectivity index is 1.18. The summed E-state index contributed by atoms with van der Waals surface area (Å²) in [6.45, 7) is 0. The molecule has 0 N–H and O–H groups in total. The Morgan fingerprint density at radius 1 is 0.339 bits per heavy atom. The summed E-state index contributed by atoms with van der Waals surface area (Å²) in [5.41, 5.74) is 13.2. The van der Waals surface area contributed by atoms with E-state index < -0.39 is 5.41 Å². The van der Waals surface area contributed by atoms with Gasteiger partial charge in [0.1, 0.15) is 0 Å². The van der Waals surface area contributed by atoms with E-state index in [1.807, 2.05) is 24.3 Å². The lowest BCUT2D eigenvalue weighted by atomic mass is 9.67. The molecule has 56 heavy (non-hydrogen) atoms. The number of aromatic nitrogens is 4. The number of benzene rings is 8. The van der Waals surface area contributed by atoms with Crippen LogP contribution in [0.5, 0.6) is 0 Å². The molecule has 1 aliphatic rings. The van der Waals surface area contributed by atoms with Crippen LogP contribution in [0.25, 0.3) is 72.8 Å². The van der Waals surface area contributed by atoms with Gasteiger partial charge in [-0.05, 0) is 56.6 Å². The number of rotatable bonds is 6. The molecule has 0 saturated heterocycles. The second-order valence-electron chi connectivity index (χ2n) is 14.4. The molecule has 1 aliphatic carbocycles. The quantitative estimate of drug-likeness (QED) is 0.172. The molecule has 0 atom stereocenters. The number of hydrogen-bond acceptors (Lipinski definition) is 3. The van der Waals surface area contributed by atoms with Gasteiger partial charge in [-0.1, -0.05) is 194 Å². The highest BCUT2D eigenvalue weighted by Gasteiger charge is 2.46. The van der Waals surface area contributed by atoms with Crippen LogP contribution in [-0.4, -0.2) is 19.5 Å². The van der Waals surface area contributed by atoms with Crippen LogP contribution in [0, 0.1) is 0 Å². The molecule has 11 rings (SSSR count). The minimum Gasteiger partial charge on any atom is -0.278 e. The molecule has 4 heteroatoms. The molecule has 0 aliphatic heterocycles. The first-order chi connectivity index (χ1) is 27.8. The normalized spacial score (nSPS) is 12.8. The van der Waals surface area contributed by atoms with Gasteiger partial charge >= 0.3 is 0 Å². The molecule has 0 amide bonds. The molecular weight excluding hydrogens is 681 g/mol. The largest absolute Gasteiger partial charge is 0.278 e. The maximum Gasteiger partial charge on any atom is 0.238 e. The third-order valence-electron chi connectivity index (χ3n) is 11.4. The lowest BCUT2D eigenvalue weighted by Crippen LogP contribution is -2.28. The van der Waals surface area contributed by atoms with E-state index >= 15 is 0 Å². The first kappa shape index (κ1) is 32.0. The van der Waals surface area contributed by atoms with Crippen molar-refractivity contribution in [2.75, 3.05) is 0 Å². The van der Waals surface area contributed by atoms with E-state index in [-0.39, 0.29) is 0 Å². The van der Waals surface area contributed by atoms with E-state index in [9.17, 15) is 0 Å². The van der Waals surface area contributed by atoms with Gasteiger partial charge in [0.05, 0.1) is 16.4 Å². The Labute approximate surface area is 325 Å². The molecule has 0 spiro atoms. The minimum atomic E-state index is -0.538. The van der Waals surface area contributed by atoms with Gasteiger partial charge in [0.25, 0.3) is 0 Å². The second-order valence-corrected chi connectivity index (χ2v) is 14.4. The van der Waals surface area contributed by atoms with Gasteiger partial charge in [-0.25, -0.2) is 4.98 Å². The van der Waals surface area contributed by atoms with Gasteiger partial charge in [0.2, 0.25) is 5.95 Å². The molecule has 4 nitrogen and oxygen atoms in total. The van der Waals surface area contributed by atoms with Crippen LogP contribution in [0.1, 0.15) is 22.3 Å². The lowest BCUT2D eigenvalue weighted by molar-refractivity contribution is 0.769. The van der Waals surface area contributed by atoms with E-state index in [1.165, 1.54) is 38.9 Å². The highest BCUT2D eigenvalue weighted by molar-refractivity contribution is 6.09. The number of hydrogen-bond donors (Lipinski definition) is 0. The van der Waals surface area contributed by atoms with Crippen molar-refractivity contribution < 1.29 is 0 Å². The summed E-state index contributed by atoms with van der Waals surface area (Å²) in [5, 5.41) is 2.29. The molecule has 10 aromatic rings. The molecule has 0 radical (unpaired) electrons. The molecule has 8 aromatic carbocycles. The van der Waals surface area contributed by atoms with Gasteiger partial charge in [0, 0.05) is 21.9 Å². The van der Waals surface area contributed by atoms with Gasteiger partial charge in [-0.15, -0.1) is 0 Å². The number of para-hydroxylation sites is 1. The molecule has 262 valence electrons. The summed E-state index contributed by atoms with van der Waals surface area (Å²) >= 11 is 0. The standard InChI is InChI=1S/C52H34N4/c1-4-16-35(17-5-1)36-28-30-38(31-29-36)50-53-49(37-18-6-2-7-19-37)54-51(55-50)56-47-27-15-12-24-43(47)44-33-32-40(34-48(44)56)52(39-20-8-3-9-21-39)45-25-13-10-22-41(45)42-23-11-14-26-46(42)52/h1-34H. The molecule has 0 saturated carbocycles. The summed E-state index contributed by atoms with van der Waals surface area (Å²) in [7, 11) is 0. The van der Waals surface area contributed by atoms with E-state index in [0.29, 0.717) is 17.6 Å². The maximum atomic E-state index is 5.29. The molecule has 0 bridgehead atoms. The van der Waals surface area contributed by atoms with Crippen LogP contribution in [0.3, 0.4) is 0 Å². The molecule has 2 aromatic heterocycles.